The first-order valence-corrected chi connectivity index (χ1v) is 14.6. The van der Waals surface area contributed by atoms with Crippen LogP contribution in [0.25, 0.3) is 0 Å². The molecule has 5 atom stereocenters. The van der Waals surface area contributed by atoms with Crippen LogP contribution in [0.2, 0.25) is 0 Å². The van der Waals surface area contributed by atoms with Gasteiger partial charge >= 0.3 is 10.4 Å². The highest BCUT2D eigenvalue weighted by atomic mass is 32.3. The standard InChI is InChI=1S/C10H17NO9S2.C8H7NOS.C7H9NO/c1-2-3-6(11-20-22(16,17)18)21-10-9(15)8(14)7(13)5(4-12)19-10;10-8-3-1-7(2-4-8)5-9-6-11;8-5-6-1-3-7(9)4-2-6/h2,5,7-10,12-15H,1,3-4H2,(H,16,17,18);1-4,10H,5H2;1-4,9H,5,8H2/b11-6-;;/t5-,7-,8+,9-,10+;;/m1../s1. The summed E-state index contributed by atoms with van der Waals surface area (Å²) in [5.41, 5.74) is 6.21. The molecular formula is C25H33N3O11S3. The molecular weight excluding hydrogens is 614 g/mol. The van der Waals surface area contributed by atoms with E-state index in [1.807, 2.05) is 0 Å². The van der Waals surface area contributed by atoms with Crippen LogP contribution in [0.1, 0.15) is 17.5 Å². The van der Waals surface area contributed by atoms with Gasteiger partial charge in [0.2, 0.25) is 0 Å². The molecule has 42 heavy (non-hydrogen) atoms. The number of aliphatic imine (C=N–C) groups is 1. The lowest BCUT2D eigenvalue weighted by molar-refractivity contribution is -0.205. The fourth-order valence-corrected chi connectivity index (χ4v) is 4.33. The van der Waals surface area contributed by atoms with Crippen LogP contribution in [0, 0.1) is 0 Å². The zero-order chi connectivity index (χ0) is 31.7. The summed E-state index contributed by atoms with van der Waals surface area (Å²) in [5, 5.41) is 61.3. The van der Waals surface area contributed by atoms with Gasteiger partial charge in [0.05, 0.1) is 18.3 Å². The average Bonchev–Trinajstić information content (AvgIpc) is 2.96. The van der Waals surface area contributed by atoms with Gasteiger partial charge in [0.15, 0.2) is 0 Å². The largest absolute Gasteiger partial charge is 0.508 e. The van der Waals surface area contributed by atoms with Crippen LogP contribution in [0.4, 0.5) is 0 Å². The van der Waals surface area contributed by atoms with Gasteiger partial charge in [-0.2, -0.15) is 8.42 Å². The lowest BCUT2D eigenvalue weighted by atomic mass is 10.0. The Bertz CT molecular complexity index is 1270. The van der Waals surface area contributed by atoms with Gasteiger partial charge in [-0.1, -0.05) is 47.3 Å². The Balaban J connectivity index is 0.000000363. The maximum atomic E-state index is 10.5. The van der Waals surface area contributed by atoms with Crippen molar-refractivity contribution in [3.63, 3.8) is 0 Å². The van der Waals surface area contributed by atoms with Crippen LogP contribution >= 0.6 is 24.0 Å². The summed E-state index contributed by atoms with van der Waals surface area (Å²) >= 11 is 5.10. The number of nitrogens with two attached hydrogens (primary N) is 1. The topological polar surface area (TPSA) is 245 Å². The summed E-state index contributed by atoms with van der Waals surface area (Å²) in [6.07, 6.45) is -4.34. The third-order valence-corrected chi connectivity index (χ3v) is 6.62. The molecule has 1 aliphatic rings. The molecule has 0 amide bonds. The van der Waals surface area contributed by atoms with Gasteiger partial charge in [-0.25, -0.2) is 9.28 Å². The number of benzene rings is 2. The number of ether oxygens (including phenoxy) is 1. The van der Waals surface area contributed by atoms with E-state index in [0.29, 0.717) is 24.9 Å². The minimum absolute atomic E-state index is 0.0230. The van der Waals surface area contributed by atoms with Crippen molar-refractivity contribution >= 4 is 44.6 Å². The average molecular weight is 648 g/mol. The number of phenols is 2. The molecule has 2 aromatic rings. The maximum Gasteiger partial charge on any atom is 0.466 e. The van der Waals surface area contributed by atoms with E-state index in [0.717, 1.165) is 11.1 Å². The van der Waals surface area contributed by atoms with Gasteiger partial charge in [-0.3, -0.25) is 4.55 Å². The fraction of sp³-hybridized carbons (Fsp3) is 0.360. The molecule has 1 saturated heterocycles. The second kappa shape index (κ2) is 19.3. The first-order chi connectivity index (χ1) is 19.8. The highest BCUT2D eigenvalue weighted by Gasteiger charge is 2.44. The highest BCUT2D eigenvalue weighted by Crippen LogP contribution is 2.30. The van der Waals surface area contributed by atoms with Crippen molar-refractivity contribution in [2.24, 2.45) is 15.9 Å². The molecule has 1 fully saturated rings. The molecule has 17 heteroatoms. The van der Waals surface area contributed by atoms with Gasteiger partial charge < -0.3 is 41.1 Å². The summed E-state index contributed by atoms with van der Waals surface area (Å²) in [4.78, 5) is 3.75. The zero-order valence-electron chi connectivity index (χ0n) is 22.1. The van der Waals surface area contributed by atoms with Crippen LogP contribution in [-0.2, 0) is 32.5 Å². The summed E-state index contributed by atoms with van der Waals surface area (Å²) in [7, 11) is -4.79. The third kappa shape index (κ3) is 14.3. The van der Waals surface area contributed by atoms with Gasteiger partial charge in [0, 0.05) is 13.0 Å². The molecule has 3 rings (SSSR count). The van der Waals surface area contributed by atoms with Crippen LogP contribution in [-0.4, -0.2) is 90.3 Å². The smallest absolute Gasteiger partial charge is 0.466 e. The highest BCUT2D eigenvalue weighted by molar-refractivity contribution is 8.14. The number of hydrogen-bond acceptors (Lipinski definition) is 15. The molecule has 0 spiro atoms. The molecule has 9 N–H and O–H groups in total. The number of aliphatic hydroxyl groups is 4. The molecule has 0 bridgehead atoms. The second-order valence-corrected chi connectivity index (χ2v) is 10.6. The Kier molecular flexibility index (Phi) is 17.0. The van der Waals surface area contributed by atoms with Crippen molar-refractivity contribution in [2.45, 2.75) is 49.4 Å². The summed E-state index contributed by atoms with van der Waals surface area (Å²) in [6, 6.07) is 13.7. The van der Waals surface area contributed by atoms with Crippen molar-refractivity contribution in [1.29, 1.82) is 0 Å². The number of nitrogens with zero attached hydrogens (tertiary/aromatic N) is 2. The molecule has 14 nitrogen and oxygen atoms in total. The zero-order valence-corrected chi connectivity index (χ0v) is 24.5. The van der Waals surface area contributed by atoms with Crippen LogP contribution < -0.4 is 5.73 Å². The van der Waals surface area contributed by atoms with Crippen molar-refractivity contribution in [2.75, 3.05) is 6.61 Å². The molecule has 2 aromatic carbocycles. The number of aromatic hydroxyl groups is 2. The van der Waals surface area contributed by atoms with Crippen molar-refractivity contribution in [1.82, 2.24) is 0 Å². The Morgan fingerprint density at radius 1 is 1.05 bits per heavy atom. The number of aliphatic hydroxyl groups excluding tert-OH is 4. The maximum absolute atomic E-state index is 10.5. The van der Waals surface area contributed by atoms with Crippen LogP contribution in [0.15, 0.2) is 71.3 Å². The van der Waals surface area contributed by atoms with E-state index in [1.54, 1.807) is 48.5 Å². The number of oxime groups is 1. The number of rotatable bonds is 9. The monoisotopic (exact) mass is 647 g/mol. The van der Waals surface area contributed by atoms with Gasteiger partial charge in [-0.05, 0) is 47.6 Å². The Labute approximate surface area is 252 Å². The number of hydrogen-bond donors (Lipinski definition) is 8. The molecule has 1 heterocycles. The van der Waals surface area contributed by atoms with Crippen LogP contribution in [0.5, 0.6) is 11.5 Å². The van der Waals surface area contributed by atoms with Crippen molar-refractivity contribution in [3.8, 4) is 11.5 Å². The summed E-state index contributed by atoms with van der Waals surface area (Å²) < 4.78 is 38.5. The summed E-state index contributed by atoms with van der Waals surface area (Å²) in [5.74, 6) is 0.548. The lowest BCUT2D eigenvalue weighted by Gasteiger charge is -2.39. The number of thioether (sulfide) groups is 1. The van der Waals surface area contributed by atoms with E-state index in [4.69, 9.17) is 30.3 Å². The molecule has 0 aliphatic carbocycles. The van der Waals surface area contributed by atoms with Gasteiger partial charge in [-0.15, -0.1) is 6.58 Å². The predicted molar refractivity (Wildman–Crippen MR) is 159 cm³/mol. The quantitative estimate of drug-likeness (QED) is 0.0474. The van der Waals surface area contributed by atoms with Crippen molar-refractivity contribution in [3.05, 3.63) is 72.3 Å². The minimum Gasteiger partial charge on any atom is -0.508 e. The third-order valence-electron chi connectivity index (χ3n) is 5.09. The van der Waals surface area contributed by atoms with E-state index in [1.165, 1.54) is 6.08 Å². The molecule has 232 valence electrons. The molecule has 0 radical (unpaired) electrons. The second-order valence-electron chi connectivity index (χ2n) is 8.24. The van der Waals surface area contributed by atoms with Crippen LogP contribution in [0.3, 0.4) is 0 Å². The van der Waals surface area contributed by atoms with Crippen molar-refractivity contribution < 1.29 is 52.6 Å². The Morgan fingerprint density at radius 3 is 2.05 bits per heavy atom. The van der Waals surface area contributed by atoms with E-state index < -0.39 is 46.9 Å². The first kappa shape index (κ1) is 37.1. The fourth-order valence-electron chi connectivity index (χ4n) is 2.97. The minimum atomic E-state index is -4.79. The number of thiocarbonyl (C=S) groups is 1. The normalized spacial score (nSPS) is 21.9. The number of isothiocyanates is 1. The Hall–Kier alpha value is -2.93. The van der Waals surface area contributed by atoms with E-state index in [2.05, 4.69) is 38.4 Å². The SMILES string of the molecule is C=CC/C(=N/OS(=O)(=O)O)S[C@@H]1O[C@H](CO)[C@@H](O)[C@H](O)[C@H]1O.NCc1ccc(O)cc1.Oc1ccc(CN=C=S)cc1. The molecule has 0 saturated carbocycles. The Morgan fingerprint density at radius 2 is 1.60 bits per heavy atom. The lowest BCUT2D eigenvalue weighted by Crippen LogP contribution is -2.57. The molecule has 1 aliphatic heterocycles. The van der Waals surface area contributed by atoms with Gasteiger partial charge in [0.25, 0.3) is 0 Å². The first-order valence-electron chi connectivity index (χ1n) is 12.0. The molecule has 0 aromatic heterocycles. The molecule has 0 unspecified atom stereocenters. The summed E-state index contributed by atoms with van der Waals surface area (Å²) in [6.45, 7) is 3.88. The predicted octanol–water partition coefficient (Wildman–Crippen LogP) is 1.07. The van der Waals surface area contributed by atoms with E-state index >= 15 is 0 Å². The number of phenolic OH excluding ortho intramolecular Hbond substituents is 2. The van der Waals surface area contributed by atoms with E-state index in [-0.39, 0.29) is 23.0 Å². The van der Waals surface area contributed by atoms with E-state index in [9.17, 15) is 23.7 Å². The van der Waals surface area contributed by atoms with Gasteiger partial charge in [0.1, 0.15) is 46.4 Å². The number of allylic oxidation sites excluding steroid dienone is 1.